The van der Waals surface area contributed by atoms with Gasteiger partial charge in [0.25, 0.3) is 0 Å². The Balaban J connectivity index is 1.73. The van der Waals surface area contributed by atoms with E-state index in [0.717, 1.165) is 16.5 Å². The molecule has 3 atom stereocenters. The number of hydrogen-bond acceptors (Lipinski definition) is 3. The third-order valence-electron chi connectivity index (χ3n) is 5.01. The number of esters is 1. The lowest BCUT2D eigenvalue weighted by Crippen LogP contribution is -2.38. The first kappa shape index (κ1) is 19.6. The predicted molar refractivity (Wildman–Crippen MR) is 108 cm³/mol. The quantitative estimate of drug-likeness (QED) is 0.613. The summed E-state index contributed by atoms with van der Waals surface area (Å²) in [5, 5.41) is 0. The van der Waals surface area contributed by atoms with Crippen LogP contribution in [0.25, 0.3) is 0 Å². The van der Waals surface area contributed by atoms with E-state index in [4.69, 9.17) is 4.74 Å². The third kappa shape index (κ3) is 4.98. The van der Waals surface area contributed by atoms with Gasteiger partial charge in [-0.05, 0) is 35.6 Å². The molecule has 2 aromatic carbocycles. The summed E-state index contributed by atoms with van der Waals surface area (Å²) in [5.41, 5.74) is 2.24. The van der Waals surface area contributed by atoms with E-state index < -0.39 is 0 Å². The molecular formula is C22H24BrNO3. The van der Waals surface area contributed by atoms with Crippen molar-refractivity contribution in [2.24, 2.45) is 11.8 Å². The van der Waals surface area contributed by atoms with Gasteiger partial charge in [0.15, 0.2) is 0 Å². The van der Waals surface area contributed by atoms with Crippen LogP contribution in [0.4, 0.5) is 0 Å². The Labute approximate surface area is 168 Å². The Hall–Kier alpha value is -2.14. The van der Waals surface area contributed by atoms with E-state index in [1.807, 2.05) is 42.5 Å². The van der Waals surface area contributed by atoms with E-state index in [1.54, 1.807) is 11.8 Å². The summed E-state index contributed by atoms with van der Waals surface area (Å²) in [6.07, 6.45) is 0.854. The lowest BCUT2D eigenvalue weighted by molar-refractivity contribution is -0.146. The van der Waals surface area contributed by atoms with Crippen LogP contribution in [0.5, 0.6) is 0 Å². The summed E-state index contributed by atoms with van der Waals surface area (Å²) in [6.45, 7) is 2.67. The second-order valence-electron chi connectivity index (χ2n) is 7.13. The fraction of sp³-hybridized carbons (Fsp3) is 0.364. The molecule has 1 fully saturated rings. The van der Waals surface area contributed by atoms with E-state index >= 15 is 0 Å². The van der Waals surface area contributed by atoms with Crippen molar-refractivity contribution in [2.75, 3.05) is 13.7 Å². The fourth-order valence-corrected chi connectivity index (χ4v) is 3.87. The zero-order chi connectivity index (χ0) is 19.4. The number of benzene rings is 2. The number of ether oxygens (including phenoxy) is 1. The first-order valence-electron chi connectivity index (χ1n) is 9.15. The number of carbonyl (C=O) groups is 2. The maximum Gasteiger partial charge on any atom is 0.310 e. The van der Waals surface area contributed by atoms with Crippen LogP contribution in [0.3, 0.4) is 0 Å². The minimum atomic E-state index is -0.356. The van der Waals surface area contributed by atoms with Gasteiger partial charge in [-0.2, -0.15) is 0 Å². The summed E-state index contributed by atoms with van der Waals surface area (Å²) in [6, 6.07) is 18.0. The molecular weight excluding hydrogens is 406 g/mol. The number of rotatable bonds is 7. The second kappa shape index (κ2) is 8.70. The van der Waals surface area contributed by atoms with Crippen LogP contribution in [0, 0.1) is 11.8 Å². The van der Waals surface area contributed by atoms with Gasteiger partial charge in [-0.1, -0.05) is 65.3 Å². The highest BCUT2D eigenvalue weighted by atomic mass is 79.9. The van der Waals surface area contributed by atoms with Crippen molar-refractivity contribution in [1.29, 1.82) is 0 Å². The molecule has 0 aliphatic heterocycles. The van der Waals surface area contributed by atoms with Crippen molar-refractivity contribution in [1.82, 2.24) is 4.90 Å². The Morgan fingerprint density at radius 3 is 2.59 bits per heavy atom. The summed E-state index contributed by atoms with van der Waals surface area (Å²) in [7, 11) is 1.38. The highest BCUT2D eigenvalue weighted by Crippen LogP contribution is 2.49. The number of halogens is 1. The summed E-state index contributed by atoms with van der Waals surface area (Å²) >= 11 is 3.50. The summed E-state index contributed by atoms with van der Waals surface area (Å²) in [4.78, 5) is 26.9. The first-order valence-corrected chi connectivity index (χ1v) is 9.95. The van der Waals surface area contributed by atoms with Gasteiger partial charge >= 0.3 is 5.97 Å². The van der Waals surface area contributed by atoms with Gasteiger partial charge in [0, 0.05) is 23.5 Å². The molecule has 1 amide bonds. The largest absolute Gasteiger partial charge is 0.469 e. The topological polar surface area (TPSA) is 46.6 Å². The van der Waals surface area contributed by atoms with Gasteiger partial charge in [-0.3, -0.25) is 9.59 Å². The van der Waals surface area contributed by atoms with E-state index in [1.165, 1.54) is 12.7 Å². The van der Waals surface area contributed by atoms with Gasteiger partial charge in [-0.25, -0.2) is 0 Å². The molecule has 0 heterocycles. The van der Waals surface area contributed by atoms with Crippen LogP contribution in [-0.4, -0.2) is 30.4 Å². The smallest absolute Gasteiger partial charge is 0.310 e. The van der Waals surface area contributed by atoms with Crippen LogP contribution in [0.15, 0.2) is 59.1 Å². The number of amides is 1. The second-order valence-corrected chi connectivity index (χ2v) is 8.05. The molecule has 3 rings (SSSR count). The molecule has 1 aliphatic rings. The summed E-state index contributed by atoms with van der Waals surface area (Å²) in [5.74, 6) is -0.305. The molecule has 0 saturated heterocycles. The van der Waals surface area contributed by atoms with Crippen molar-refractivity contribution in [2.45, 2.75) is 25.8 Å². The molecule has 0 N–H and O–H groups in total. The molecule has 27 heavy (non-hydrogen) atoms. The number of nitrogens with zero attached hydrogens (tertiary/aromatic N) is 1. The fourth-order valence-electron chi connectivity index (χ4n) is 3.45. The predicted octanol–water partition coefficient (Wildman–Crippen LogP) is 4.39. The molecule has 0 bridgehead atoms. The van der Waals surface area contributed by atoms with Gasteiger partial charge in [0.1, 0.15) is 0 Å². The first-order chi connectivity index (χ1) is 13.0. The number of carbonyl (C=O) groups excluding carboxylic acids is 2. The monoisotopic (exact) mass is 429 g/mol. The molecule has 2 aromatic rings. The molecule has 1 saturated carbocycles. The molecule has 142 valence electrons. The Kier molecular flexibility index (Phi) is 6.32. The lowest BCUT2D eigenvalue weighted by atomic mass is 10.1. The van der Waals surface area contributed by atoms with Crippen molar-refractivity contribution < 1.29 is 14.3 Å². The molecule has 0 spiro atoms. The maximum absolute atomic E-state index is 13.2. The molecule has 0 unspecified atom stereocenters. The van der Waals surface area contributed by atoms with E-state index in [0.29, 0.717) is 13.1 Å². The summed E-state index contributed by atoms with van der Waals surface area (Å²) < 4.78 is 5.87. The zero-order valence-electron chi connectivity index (χ0n) is 15.6. The van der Waals surface area contributed by atoms with Crippen LogP contribution >= 0.6 is 15.9 Å². The Bertz CT molecular complexity index is 808. The van der Waals surface area contributed by atoms with Gasteiger partial charge in [0.2, 0.25) is 5.91 Å². The van der Waals surface area contributed by atoms with Gasteiger partial charge in [-0.15, -0.1) is 0 Å². The van der Waals surface area contributed by atoms with Crippen molar-refractivity contribution in [3.8, 4) is 0 Å². The van der Waals surface area contributed by atoms with E-state index in [2.05, 4.69) is 28.1 Å². The lowest BCUT2D eigenvalue weighted by Gasteiger charge is -2.25. The number of methoxy groups -OCH3 is 1. The van der Waals surface area contributed by atoms with Crippen molar-refractivity contribution in [3.05, 3.63) is 70.2 Å². The van der Waals surface area contributed by atoms with Crippen molar-refractivity contribution >= 4 is 27.8 Å². The molecule has 5 heteroatoms. The van der Waals surface area contributed by atoms with E-state index in [-0.39, 0.29) is 29.6 Å². The van der Waals surface area contributed by atoms with Crippen LogP contribution in [0.2, 0.25) is 0 Å². The van der Waals surface area contributed by atoms with Crippen molar-refractivity contribution in [3.63, 3.8) is 0 Å². The normalized spacial score (nSPS) is 19.2. The molecule has 0 radical (unpaired) electrons. The highest BCUT2D eigenvalue weighted by molar-refractivity contribution is 9.10. The minimum absolute atomic E-state index is 0.0205. The SMILES string of the molecule is COC(=O)[C@H](C)CN(Cc1ccccc1)C(=O)[C@@H]1C[C@@H]1c1cccc(Br)c1. The average molecular weight is 430 g/mol. The number of hydrogen-bond donors (Lipinski definition) is 0. The van der Waals surface area contributed by atoms with Gasteiger partial charge in [0.05, 0.1) is 13.0 Å². The van der Waals surface area contributed by atoms with E-state index in [9.17, 15) is 9.59 Å². The van der Waals surface area contributed by atoms with Crippen LogP contribution in [0.1, 0.15) is 30.4 Å². The average Bonchev–Trinajstić information content (AvgIpc) is 3.48. The molecule has 0 aromatic heterocycles. The zero-order valence-corrected chi connectivity index (χ0v) is 17.2. The highest BCUT2D eigenvalue weighted by Gasteiger charge is 2.46. The Morgan fingerprint density at radius 2 is 1.93 bits per heavy atom. The Morgan fingerprint density at radius 1 is 1.19 bits per heavy atom. The van der Waals surface area contributed by atoms with Crippen LogP contribution < -0.4 is 0 Å². The van der Waals surface area contributed by atoms with Gasteiger partial charge < -0.3 is 9.64 Å². The minimum Gasteiger partial charge on any atom is -0.469 e. The molecule has 4 nitrogen and oxygen atoms in total. The standard InChI is InChI=1S/C22H24BrNO3/c1-15(22(26)27-2)13-24(14-16-7-4-3-5-8-16)21(25)20-12-19(20)17-9-6-10-18(23)11-17/h3-11,15,19-20H,12-14H2,1-2H3/t15-,19-,20-/m1/s1. The third-order valence-corrected chi connectivity index (χ3v) is 5.50. The molecule has 1 aliphatic carbocycles. The maximum atomic E-state index is 13.2. The van der Waals surface area contributed by atoms with Crippen LogP contribution in [-0.2, 0) is 20.9 Å².